The van der Waals surface area contributed by atoms with Crippen LogP contribution in [0, 0.1) is 0 Å². The standard InChI is InChI=1S/C31H26N2O6S/c1-4-38-30(36)26-19(2)32-31-33(27(26)21-8-6-5-7-9-21)28(34)25(40-31)18-20-10-14-24(15-11-20)39-29(35)22-12-16-23(37-3)17-13-22/h5-18,27H,4H2,1-3H3/b25-18-/t27-/m1/s1. The number of rotatable bonds is 7. The molecular weight excluding hydrogens is 528 g/mol. The van der Waals surface area contributed by atoms with Crippen LogP contribution in [0.25, 0.3) is 6.08 Å². The van der Waals surface area contributed by atoms with Crippen molar-refractivity contribution >= 4 is 29.4 Å². The van der Waals surface area contributed by atoms with Gasteiger partial charge in [0, 0.05) is 0 Å². The molecular formula is C31H26N2O6S. The molecule has 9 heteroatoms. The zero-order valence-corrected chi connectivity index (χ0v) is 22.9. The highest BCUT2D eigenvalue weighted by Crippen LogP contribution is 2.30. The summed E-state index contributed by atoms with van der Waals surface area (Å²) in [7, 11) is 1.56. The summed E-state index contributed by atoms with van der Waals surface area (Å²) in [5.74, 6) is 0.0378. The lowest BCUT2D eigenvalue weighted by atomic mass is 9.96. The molecule has 0 radical (unpaired) electrons. The molecule has 1 aromatic heterocycles. The second-order valence-electron chi connectivity index (χ2n) is 8.90. The number of allylic oxidation sites excluding steroid dienone is 1. The quantitative estimate of drug-likeness (QED) is 0.253. The molecule has 0 saturated carbocycles. The zero-order chi connectivity index (χ0) is 28.2. The number of carbonyl (C=O) groups excluding carboxylic acids is 2. The van der Waals surface area contributed by atoms with E-state index in [1.54, 1.807) is 80.1 Å². The van der Waals surface area contributed by atoms with Gasteiger partial charge in [0.25, 0.3) is 5.56 Å². The van der Waals surface area contributed by atoms with Crippen molar-refractivity contribution in [1.82, 2.24) is 4.57 Å². The summed E-state index contributed by atoms with van der Waals surface area (Å²) in [4.78, 5) is 44.2. The minimum absolute atomic E-state index is 0.215. The van der Waals surface area contributed by atoms with Gasteiger partial charge in [-0.3, -0.25) is 9.36 Å². The van der Waals surface area contributed by atoms with Crippen molar-refractivity contribution < 1.29 is 23.8 Å². The highest BCUT2D eigenvalue weighted by Gasteiger charge is 2.33. The van der Waals surface area contributed by atoms with E-state index in [1.165, 1.54) is 11.3 Å². The third kappa shape index (κ3) is 5.37. The van der Waals surface area contributed by atoms with Gasteiger partial charge in [-0.15, -0.1) is 0 Å². The van der Waals surface area contributed by atoms with Gasteiger partial charge in [0.15, 0.2) is 4.80 Å². The van der Waals surface area contributed by atoms with Crippen molar-refractivity contribution in [2.75, 3.05) is 13.7 Å². The Morgan fingerprint density at radius 1 is 0.950 bits per heavy atom. The maximum Gasteiger partial charge on any atom is 0.343 e. The summed E-state index contributed by atoms with van der Waals surface area (Å²) in [5, 5.41) is 0. The first-order chi connectivity index (χ1) is 19.4. The Bertz CT molecular complexity index is 1770. The first kappa shape index (κ1) is 26.8. The molecule has 1 aliphatic rings. The predicted molar refractivity (Wildman–Crippen MR) is 151 cm³/mol. The van der Waals surface area contributed by atoms with Crippen LogP contribution in [0.3, 0.4) is 0 Å². The first-order valence-electron chi connectivity index (χ1n) is 12.6. The number of nitrogens with zero attached hydrogens (tertiary/aromatic N) is 2. The summed E-state index contributed by atoms with van der Waals surface area (Å²) in [6.07, 6.45) is 1.75. The van der Waals surface area contributed by atoms with E-state index in [4.69, 9.17) is 14.2 Å². The van der Waals surface area contributed by atoms with Crippen LogP contribution < -0.4 is 24.4 Å². The minimum Gasteiger partial charge on any atom is -0.497 e. The van der Waals surface area contributed by atoms with E-state index in [2.05, 4.69) is 4.99 Å². The Kier molecular flexibility index (Phi) is 7.75. The molecule has 2 heterocycles. The highest BCUT2D eigenvalue weighted by atomic mass is 32.1. The van der Waals surface area contributed by atoms with Crippen LogP contribution in [-0.4, -0.2) is 30.2 Å². The number of fused-ring (bicyclic) bond motifs is 1. The largest absolute Gasteiger partial charge is 0.497 e. The smallest absolute Gasteiger partial charge is 0.343 e. The number of aromatic nitrogens is 1. The lowest BCUT2D eigenvalue weighted by Crippen LogP contribution is -2.39. The van der Waals surface area contributed by atoms with Crippen molar-refractivity contribution in [3.8, 4) is 11.5 Å². The van der Waals surface area contributed by atoms with E-state index in [0.717, 1.165) is 11.1 Å². The third-order valence-corrected chi connectivity index (χ3v) is 7.33. The third-order valence-electron chi connectivity index (χ3n) is 6.35. The second kappa shape index (κ2) is 11.5. The molecule has 0 unspecified atom stereocenters. The average molecular weight is 555 g/mol. The average Bonchev–Trinajstić information content (AvgIpc) is 3.27. The van der Waals surface area contributed by atoms with Crippen molar-refractivity contribution in [2.45, 2.75) is 19.9 Å². The number of hydrogen-bond acceptors (Lipinski definition) is 8. The van der Waals surface area contributed by atoms with E-state index in [0.29, 0.717) is 37.7 Å². The van der Waals surface area contributed by atoms with Gasteiger partial charge in [0.05, 0.1) is 41.1 Å². The molecule has 5 rings (SSSR count). The van der Waals surface area contributed by atoms with Crippen LogP contribution in [0.5, 0.6) is 11.5 Å². The van der Waals surface area contributed by atoms with Gasteiger partial charge in [0.1, 0.15) is 11.5 Å². The minimum atomic E-state index is -0.654. The number of thiazole rings is 1. The molecule has 0 aliphatic carbocycles. The SMILES string of the molecule is CCOC(=O)C1=C(C)N=c2s/c(=C\c3ccc(OC(=O)c4ccc(OC)cc4)cc3)c(=O)n2[C@@H]1c1ccccc1. The molecule has 40 heavy (non-hydrogen) atoms. The van der Waals surface area contributed by atoms with Crippen LogP contribution >= 0.6 is 11.3 Å². The van der Waals surface area contributed by atoms with E-state index in [1.807, 2.05) is 30.3 Å². The van der Waals surface area contributed by atoms with E-state index in [-0.39, 0.29) is 12.2 Å². The Morgan fingerprint density at radius 2 is 1.62 bits per heavy atom. The van der Waals surface area contributed by atoms with Crippen LogP contribution in [0.1, 0.15) is 41.4 Å². The molecule has 0 spiro atoms. The van der Waals surface area contributed by atoms with Crippen LogP contribution in [0.2, 0.25) is 0 Å². The van der Waals surface area contributed by atoms with Gasteiger partial charge in [-0.05, 0) is 67.4 Å². The fourth-order valence-electron chi connectivity index (χ4n) is 4.42. The van der Waals surface area contributed by atoms with Crippen LogP contribution in [0.4, 0.5) is 0 Å². The summed E-state index contributed by atoms with van der Waals surface area (Å²) < 4.78 is 17.9. The number of esters is 2. The Hall–Kier alpha value is -4.76. The number of hydrogen-bond donors (Lipinski definition) is 0. The highest BCUT2D eigenvalue weighted by molar-refractivity contribution is 7.07. The Morgan fingerprint density at radius 3 is 2.27 bits per heavy atom. The lowest BCUT2D eigenvalue weighted by Gasteiger charge is -2.24. The molecule has 0 saturated heterocycles. The van der Waals surface area contributed by atoms with Gasteiger partial charge in [-0.25, -0.2) is 14.6 Å². The van der Waals surface area contributed by atoms with E-state index in [9.17, 15) is 14.4 Å². The van der Waals surface area contributed by atoms with Gasteiger partial charge in [-0.2, -0.15) is 0 Å². The maximum atomic E-state index is 13.7. The van der Waals surface area contributed by atoms with Crippen molar-refractivity contribution in [2.24, 2.45) is 4.99 Å². The number of methoxy groups -OCH3 is 1. The van der Waals surface area contributed by atoms with Crippen molar-refractivity contribution in [3.05, 3.63) is 127 Å². The first-order valence-corrected chi connectivity index (χ1v) is 13.4. The number of carbonyl (C=O) groups is 2. The molecule has 0 fully saturated rings. The Labute approximate surface area is 234 Å². The molecule has 3 aromatic carbocycles. The maximum absolute atomic E-state index is 13.7. The zero-order valence-electron chi connectivity index (χ0n) is 22.1. The summed E-state index contributed by atoms with van der Waals surface area (Å²) in [5.41, 5.74) is 2.53. The molecule has 1 aliphatic heterocycles. The molecule has 1 atom stereocenters. The second-order valence-corrected chi connectivity index (χ2v) is 9.91. The molecule has 0 bridgehead atoms. The molecule has 0 N–H and O–H groups in total. The number of ether oxygens (including phenoxy) is 3. The van der Waals surface area contributed by atoms with Gasteiger partial charge in [-0.1, -0.05) is 53.8 Å². The van der Waals surface area contributed by atoms with Crippen LogP contribution in [-0.2, 0) is 9.53 Å². The lowest BCUT2D eigenvalue weighted by molar-refractivity contribution is -0.139. The fraction of sp³-hybridized carbons (Fsp3) is 0.161. The van der Waals surface area contributed by atoms with E-state index < -0.39 is 18.0 Å². The fourth-order valence-corrected chi connectivity index (χ4v) is 5.47. The van der Waals surface area contributed by atoms with Gasteiger partial charge < -0.3 is 14.2 Å². The molecule has 8 nitrogen and oxygen atoms in total. The molecule has 0 amide bonds. The summed E-state index contributed by atoms with van der Waals surface area (Å²) in [6.45, 7) is 3.71. The van der Waals surface area contributed by atoms with Crippen molar-refractivity contribution in [1.29, 1.82) is 0 Å². The van der Waals surface area contributed by atoms with Crippen molar-refractivity contribution in [3.63, 3.8) is 0 Å². The molecule has 4 aromatic rings. The topological polar surface area (TPSA) is 96.2 Å². The summed E-state index contributed by atoms with van der Waals surface area (Å²) >= 11 is 1.25. The van der Waals surface area contributed by atoms with Crippen LogP contribution in [0.15, 0.2) is 99.9 Å². The predicted octanol–water partition coefficient (Wildman–Crippen LogP) is 4.03. The Balaban J connectivity index is 1.46. The summed E-state index contributed by atoms with van der Waals surface area (Å²) in [6, 6.07) is 22.2. The normalized spacial score (nSPS) is 14.8. The van der Waals surface area contributed by atoms with Gasteiger partial charge >= 0.3 is 11.9 Å². The van der Waals surface area contributed by atoms with E-state index >= 15 is 0 Å². The monoisotopic (exact) mass is 554 g/mol. The number of benzene rings is 3. The molecule has 202 valence electrons. The van der Waals surface area contributed by atoms with Gasteiger partial charge in [0.2, 0.25) is 0 Å².